The predicted molar refractivity (Wildman–Crippen MR) is 174 cm³/mol. The maximum atomic E-state index is 13.9. The van der Waals surface area contributed by atoms with E-state index in [1.54, 1.807) is 24.3 Å². The number of aliphatic hydroxyl groups is 2. The van der Waals surface area contributed by atoms with E-state index in [0.29, 0.717) is 31.4 Å². The molecule has 0 spiro atoms. The number of nitrogens with zero attached hydrogens (tertiary/aromatic N) is 1. The molecule has 3 aromatic rings. The van der Waals surface area contributed by atoms with Gasteiger partial charge in [0.25, 0.3) is 0 Å². The molecule has 0 saturated carbocycles. The van der Waals surface area contributed by atoms with E-state index >= 15 is 0 Å². The first kappa shape index (κ1) is 31.2. The highest BCUT2D eigenvalue weighted by Crippen LogP contribution is 2.48. The highest BCUT2D eigenvalue weighted by molar-refractivity contribution is 6.22. The van der Waals surface area contributed by atoms with E-state index in [1.807, 2.05) is 54.6 Å². The Morgan fingerprint density at radius 2 is 1.64 bits per heavy atom. The molecule has 0 unspecified atom stereocenters. The van der Waals surface area contributed by atoms with Crippen molar-refractivity contribution in [3.05, 3.63) is 101 Å². The van der Waals surface area contributed by atoms with E-state index in [0.717, 1.165) is 46.5 Å². The molecule has 1 aliphatic heterocycles. The van der Waals surface area contributed by atoms with E-state index in [1.165, 1.54) is 4.90 Å². The molecule has 4 N–H and O–H groups in total. The second kappa shape index (κ2) is 14.1. The maximum absolute atomic E-state index is 13.9. The van der Waals surface area contributed by atoms with Crippen LogP contribution in [-0.2, 0) is 9.59 Å². The van der Waals surface area contributed by atoms with Crippen LogP contribution in [0.4, 0.5) is 17.1 Å². The number of hydrogen-bond donors (Lipinski definition) is 4. The van der Waals surface area contributed by atoms with Crippen molar-refractivity contribution in [2.24, 2.45) is 17.8 Å². The summed E-state index contributed by atoms with van der Waals surface area (Å²) in [5, 5.41) is 35.1. The number of phenolic OH excluding ortho intramolecular Hbond substituents is 1. The number of carbonyl (C=O) groups excluding carboxylic acids is 2. The number of carbonyl (C=O) groups is 2. The molecule has 7 heteroatoms. The molecule has 1 fully saturated rings. The quantitative estimate of drug-likeness (QED) is 0.133. The first-order chi connectivity index (χ1) is 21.3. The molecule has 7 nitrogen and oxygen atoms in total. The standard InChI is InChI=1S/C37H42N2O5/c1-3-8-26-22-31-35(32(23-40)34(26)33(42)20-13-24(4-2)21-25-11-18-30(41)19-12-25)37(44)39(36(31)43)29-16-14-28(15-17-29)38-27-9-6-5-7-10-27/h5-7,9-12,14-19,21,31-33,35,38,40-42H,3-4,8,13,20,22-23H2,1-2H3/b24-21+/t31-,32+,33-,35-/m1/s1. The molecule has 4 atom stereocenters. The highest BCUT2D eigenvalue weighted by Gasteiger charge is 2.55. The zero-order valence-corrected chi connectivity index (χ0v) is 25.4. The number of amides is 2. The Bertz CT molecular complexity index is 1510. The van der Waals surface area contributed by atoms with E-state index in [4.69, 9.17) is 0 Å². The van der Waals surface area contributed by atoms with Gasteiger partial charge in [-0.2, -0.15) is 0 Å². The molecule has 230 valence electrons. The number of allylic oxidation sites excluding steroid dienone is 2. The van der Waals surface area contributed by atoms with Crippen molar-refractivity contribution in [3.63, 3.8) is 0 Å². The van der Waals surface area contributed by atoms with Crippen molar-refractivity contribution < 1.29 is 24.9 Å². The molecule has 44 heavy (non-hydrogen) atoms. The van der Waals surface area contributed by atoms with Crippen LogP contribution in [0.3, 0.4) is 0 Å². The van der Waals surface area contributed by atoms with Crippen LogP contribution >= 0.6 is 0 Å². The number of fused-ring (bicyclic) bond motifs is 1. The van der Waals surface area contributed by atoms with Crippen LogP contribution in [0.25, 0.3) is 6.08 Å². The van der Waals surface area contributed by atoms with Crippen molar-refractivity contribution in [2.75, 3.05) is 16.8 Å². The molecule has 5 rings (SSSR count). The number of rotatable bonds is 12. The van der Waals surface area contributed by atoms with E-state index in [2.05, 4.69) is 25.2 Å². The minimum absolute atomic E-state index is 0.215. The van der Waals surface area contributed by atoms with Gasteiger partial charge in [-0.05, 0) is 91.8 Å². The minimum Gasteiger partial charge on any atom is -0.508 e. The Morgan fingerprint density at radius 3 is 2.27 bits per heavy atom. The number of anilines is 3. The summed E-state index contributed by atoms with van der Waals surface area (Å²) in [6, 6.07) is 24.0. The molecule has 1 heterocycles. The average molecular weight is 595 g/mol. The average Bonchev–Trinajstić information content (AvgIpc) is 3.29. The van der Waals surface area contributed by atoms with Crippen LogP contribution in [0.15, 0.2) is 95.6 Å². The Labute approximate surface area is 259 Å². The topological polar surface area (TPSA) is 110 Å². The largest absolute Gasteiger partial charge is 0.508 e. The smallest absolute Gasteiger partial charge is 0.238 e. The van der Waals surface area contributed by atoms with Gasteiger partial charge in [0.2, 0.25) is 11.8 Å². The summed E-state index contributed by atoms with van der Waals surface area (Å²) in [6.07, 6.45) is 5.12. The molecule has 1 saturated heterocycles. The van der Waals surface area contributed by atoms with Crippen LogP contribution < -0.4 is 10.2 Å². The number of nitrogens with one attached hydrogen (secondary N) is 1. The number of benzene rings is 3. The predicted octanol–water partition coefficient (Wildman–Crippen LogP) is 6.99. The SMILES string of the molecule is CCCC1=C([C@H](O)CC/C(=C/c2ccc(O)cc2)CC)[C@H](CO)[C@@H]2C(=O)N(c3ccc(Nc4ccccc4)cc3)C(=O)[C@@H]2C1. The van der Waals surface area contributed by atoms with Crippen molar-refractivity contribution in [1.29, 1.82) is 0 Å². The second-order valence-electron chi connectivity index (χ2n) is 11.8. The lowest BCUT2D eigenvalue weighted by Crippen LogP contribution is -2.39. The highest BCUT2D eigenvalue weighted by atomic mass is 16.3. The number of imide groups is 1. The van der Waals surface area contributed by atoms with Crippen LogP contribution in [0.2, 0.25) is 0 Å². The van der Waals surface area contributed by atoms with E-state index in [9.17, 15) is 24.9 Å². The maximum Gasteiger partial charge on any atom is 0.238 e. The molecule has 1 aliphatic carbocycles. The van der Waals surface area contributed by atoms with Crippen LogP contribution in [0, 0.1) is 17.8 Å². The fourth-order valence-electron chi connectivity index (χ4n) is 6.77. The zero-order chi connectivity index (χ0) is 31.2. The van der Waals surface area contributed by atoms with Gasteiger partial charge in [0, 0.05) is 17.3 Å². The lowest BCUT2D eigenvalue weighted by molar-refractivity contribution is -0.123. The van der Waals surface area contributed by atoms with Crippen molar-refractivity contribution in [2.45, 2.75) is 58.5 Å². The third-order valence-electron chi connectivity index (χ3n) is 8.94. The summed E-state index contributed by atoms with van der Waals surface area (Å²) in [5.41, 5.74) is 6.15. The third kappa shape index (κ3) is 6.64. The molecule has 2 aliphatic rings. The van der Waals surface area contributed by atoms with E-state index < -0.39 is 23.9 Å². The number of para-hydroxylation sites is 1. The van der Waals surface area contributed by atoms with Gasteiger partial charge in [0.05, 0.1) is 30.2 Å². The Morgan fingerprint density at radius 1 is 0.955 bits per heavy atom. The fraction of sp³-hybridized carbons (Fsp3) is 0.351. The Kier molecular flexibility index (Phi) is 9.98. The van der Waals surface area contributed by atoms with Gasteiger partial charge in [-0.25, -0.2) is 0 Å². The first-order valence-electron chi connectivity index (χ1n) is 15.6. The minimum atomic E-state index is -0.829. The van der Waals surface area contributed by atoms with Crippen molar-refractivity contribution in [1.82, 2.24) is 0 Å². The zero-order valence-electron chi connectivity index (χ0n) is 25.4. The molecular weight excluding hydrogens is 552 g/mol. The van der Waals surface area contributed by atoms with Gasteiger partial charge >= 0.3 is 0 Å². The van der Waals surface area contributed by atoms with Crippen molar-refractivity contribution in [3.8, 4) is 5.75 Å². The Hall–Kier alpha value is -4.20. The van der Waals surface area contributed by atoms with Crippen LogP contribution in [0.5, 0.6) is 5.75 Å². The lowest BCUT2D eigenvalue weighted by Gasteiger charge is -2.36. The normalized spacial score (nSPS) is 21.0. The Balaban J connectivity index is 1.35. The van der Waals surface area contributed by atoms with Crippen LogP contribution in [-0.4, -0.2) is 39.8 Å². The van der Waals surface area contributed by atoms with Crippen molar-refractivity contribution >= 4 is 35.0 Å². The number of phenols is 1. The summed E-state index contributed by atoms with van der Waals surface area (Å²) in [5.74, 6) is -2.22. The summed E-state index contributed by atoms with van der Waals surface area (Å²) < 4.78 is 0. The number of hydrogen-bond acceptors (Lipinski definition) is 6. The third-order valence-corrected chi connectivity index (χ3v) is 8.94. The molecule has 0 aromatic heterocycles. The van der Waals surface area contributed by atoms with Gasteiger partial charge in [-0.1, -0.05) is 67.8 Å². The summed E-state index contributed by atoms with van der Waals surface area (Å²) in [6.45, 7) is 3.83. The molecular formula is C37H42N2O5. The monoisotopic (exact) mass is 594 g/mol. The first-order valence-corrected chi connectivity index (χ1v) is 15.6. The van der Waals surface area contributed by atoms with Gasteiger partial charge in [0.1, 0.15) is 5.75 Å². The summed E-state index contributed by atoms with van der Waals surface area (Å²) in [7, 11) is 0. The molecule has 0 radical (unpaired) electrons. The lowest BCUT2D eigenvalue weighted by atomic mass is 9.67. The van der Waals surface area contributed by atoms with Gasteiger partial charge in [0.15, 0.2) is 0 Å². The van der Waals surface area contributed by atoms with Gasteiger partial charge in [-0.15, -0.1) is 0 Å². The van der Waals surface area contributed by atoms with Gasteiger partial charge < -0.3 is 20.6 Å². The molecule has 3 aromatic carbocycles. The molecule has 0 bridgehead atoms. The number of aliphatic hydroxyl groups excluding tert-OH is 2. The van der Waals surface area contributed by atoms with Gasteiger partial charge in [-0.3, -0.25) is 14.5 Å². The molecule has 2 amide bonds. The second-order valence-corrected chi connectivity index (χ2v) is 11.8. The van der Waals surface area contributed by atoms with E-state index in [-0.39, 0.29) is 24.2 Å². The fourth-order valence-corrected chi connectivity index (χ4v) is 6.77. The summed E-state index contributed by atoms with van der Waals surface area (Å²) in [4.78, 5) is 29.0. The summed E-state index contributed by atoms with van der Waals surface area (Å²) >= 11 is 0. The van der Waals surface area contributed by atoms with Crippen LogP contribution in [0.1, 0.15) is 57.9 Å². The number of aromatic hydroxyl groups is 1.